The molecule has 1 atom stereocenters. The van der Waals surface area contributed by atoms with Gasteiger partial charge in [-0.25, -0.2) is 0 Å². The second kappa shape index (κ2) is 5.92. The molecule has 1 saturated heterocycles. The minimum absolute atomic E-state index is 0.0706. The molecular formula is C20H21N3O2. The van der Waals surface area contributed by atoms with Crippen molar-refractivity contribution in [2.75, 3.05) is 23.8 Å². The van der Waals surface area contributed by atoms with E-state index < -0.39 is 0 Å². The Morgan fingerprint density at radius 1 is 1.20 bits per heavy atom. The first-order chi connectivity index (χ1) is 12.0. The van der Waals surface area contributed by atoms with Crippen LogP contribution >= 0.6 is 0 Å². The van der Waals surface area contributed by atoms with E-state index in [-0.39, 0.29) is 18.0 Å². The Balaban J connectivity index is 1.64. The van der Waals surface area contributed by atoms with E-state index in [0.717, 1.165) is 36.3 Å². The lowest BCUT2D eigenvalue weighted by Gasteiger charge is -2.40. The Morgan fingerprint density at radius 3 is 2.84 bits per heavy atom. The predicted octanol–water partition coefficient (Wildman–Crippen LogP) is 3.26. The molecule has 4 rings (SSSR count). The van der Waals surface area contributed by atoms with E-state index in [0.29, 0.717) is 11.1 Å². The highest BCUT2D eigenvalue weighted by atomic mass is 16.2. The van der Waals surface area contributed by atoms with Gasteiger partial charge < -0.3 is 15.1 Å². The fourth-order valence-electron chi connectivity index (χ4n) is 3.78. The SMILES string of the molecule is Cc1cccc(NC(=O)c2ccc3c(c2)N(C)[C@@H]2CCCN2C3=O)c1. The summed E-state index contributed by atoms with van der Waals surface area (Å²) in [5.74, 6) is -0.0932. The van der Waals surface area contributed by atoms with Crippen molar-refractivity contribution in [1.82, 2.24) is 4.90 Å². The second-order valence-electron chi connectivity index (χ2n) is 6.79. The number of anilines is 2. The average Bonchev–Trinajstić information content (AvgIpc) is 3.09. The van der Waals surface area contributed by atoms with E-state index in [4.69, 9.17) is 0 Å². The van der Waals surface area contributed by atoms with Crippen LogP contribution in [0.15, 0.2) is 42.5 Å². The molecule has 2 amide bonds. The summed E-state index contributed by atoms with van der Waals surface area (Å²) in [5, 5.41) is 2.93. The number of amides is 2. The van der Waals surface area contributed by atoms with E-state index in [1.807, 2.05) is 49.2 Å². The summed E-state index contributed by atoms with van der Waals surface area (Å²) in [6.07, 6.45) is 2.10. The van der Waals surface area contributed by atoms with Crippen molar-refractivity contribution >= 4 is 23.2 Å². The molecule has 1 fully saturated rings. The molecule has 0 bridgehead atoms. The highest BCUT2D eigenvalue weighted by Crippen LogP contribution is 2.35. The molecule has 0 aromatic heterocycles. The zero-order valence-electron chi connectivity index (χ0n) is 14.5. The summed E-state index contributed by atoms with van der Waals surface area (Å²) in [4.78, 5) is 29.3. The topological polar surface area (TPSA) is 52.7 Å². The summed E-state index contributed by atoms with van der Waals surface area (Å²) in [6.45, 7) is 2.80. The van der Waals surface area contributed by atoms with Gasteiger partial charge in [0.2, 0.25) is 0 Å². The molecule has 1 N–H and O–H groups in total. The van der Waals surface area contributed by atoms with Gasteiger partial charge in [-0.05, 0) is 55.7 Å². The van der Waals surface area contributed by atoms with Gasteiger partial charge in [0, 0.05) is 24.8 Å². The summed E-state index contributed by atoms with van der Waals surface area (Å²) < 4.78 is 0. The third-order valence-electron chi connectivity index (χ3n) is 5.08. The molecule has 5 nitrogen and oxygen atoms in total. The first-order valence-corrected chi connectivity index (χ1v) is 8.60. The predicted molar refractivity (Wildman–Crippen MR) is 98.0 cm³/mol. The molecule has 2 aromatic rings. The first-order valence-electron chi connectivity index (χ1n) is 8.60. The largest absolute Gasteiger partial charge is 0.354 e. The molecule has 0 radical (unpaired) electrons. The summed E-state index contributed by atoms with van der Waals surface area (Å²) in [6, 6.07) is 13.0. The third-order valence-corrected chi connectivity index (χ3v) is 5.08. The summed E-state index contributed by atoms with van der Waals surface area (Å²) in [5.41, 5.74) is 3.94. The number of hydrogen-bond donors (Lipinski definition) is 1. The van der Waals surface area contributed by atoms with Crippen molar-refractivity contribution in [1.29, 1.82) is 0 Å². The Labute approximate surface area is 147 Å². The molecule has 2 aliphatic heterocycles. The number of carbonyl (C=O) groups is 2. The number of aryl methyl sites for hydroxylation is 1. The van der Waals surface area contributed by atoms with Crippen LogP contribution in [0, 0.1) is 6.92 Å². The number of fused-ring (bicyclic) bond motifs is 2. The van der Waals surface area contributed by atoms with E-state index in [2.05, 4.69) is 10.2 Å². The van der Waals surface area contributed by atoms with Crippen LogP contribution in [-0.4, -0.2) is 36.5 Å². The van der Waals surface area contributed by atoms with Gasteiger partial charge in [0.1, 0.15) is 6.17 Å². The maximum absolute atomic E-state index is 12.7. The van der Waals surface area contributed by atoms with Crippen LogP contribution in [0.25, 0.3) is 0 Å². The minimum Gasteiger partial charge on any atom is -0.354 e. The van der Waals surface area contributed by atoms with Crippen LogP contribution in [0.1, 0.15) is 39.1 Å². The Morgan fingerprint density at radius 2 is 2.04 bits per heavy atom. The zero-order chi connectivity index (χ0) is 17.6. The molecule has 0 saturated carbocycles. The Bertz CT molecular complexity index is 862. The van der Waals surface area contributed by atoms with Crippen LogP contribution in [0.4, 0.5) is 11.4 Å². The van der Waals surface area contributed by atoms with Crippen molar-refractivity contribution in [3.8, 4) is 0 Å². The summed E-state index contributed by atoms with van der Waals surface area (Å²) in [7, 11) is 2.00. The van der Waals surface area contributed by atoms with E-state index in [1.54, 1.807) is 12.1 Å². The van der Waals surface area contributed by atoms with Gasteiger partial charge in [-0.1, -0.05) is 12.1 Å². The molecular weight excluding hydrogens is 314 g/mol. The van der Waals surface area contributed by atoms with Gasteiger partial charge >= 0.3 is 0 Å². The quantitative estimate of drug-likeness (QED) is 0.916. The number of hydrogen-bond acceptors (Lipinski definition) is 3. The molecule has 128 valence electrons. The lowest BCUT2D eigenvalue weighted by molar-refractivity contribution is 0.0719. The van der Waals surface area contributed by atoms with Gasteiger partial charge in [0.25, 0.3) is 11.8 Å². The van der Waals surface area contributed by atoms with Gasteiger partial charge in [-0.2, -0.15) is 0 Å². The van der Waals surface area contributed by atoms with Crippen molar-refractivity contribution in [3.63, 3.8) is 0 Å². The molecule has 0 unspecified atom stereocenters. The van der Waals surface area contributed by atoms with Gasteiger partial charge in [-0.3, -0.25) is 9.59 Å². The highest BCUT2D eigenvalue weighted by Gasteiger charge is 2.38. The maximum Gasteiger partial charge on any atom is 0.257 e. The molecule has 0 aliphatic carbocycles. The maximum atomic E-state index is 12.7. The highest BCUT2D eigenvalue weighted by molar-refractivity contribution is 6.08. The fourth-order valence-corrected chi connectivity index (χ4v) is 3.78. The minimum atomic E-state index is -0.164. The smallest absolute Gasteiger partial charge is 0.257 e. The molecule has 2 heterocycles. The fraction of sp³-hybridized carbons (Fsp3) is 0.300. The number of nitrogens with zero attached hydrogens (tertiary/aromatic N) is 2. The molecule has 2 aliphatic rings. The van der Waals surface area contributed by atoms with Gasteiger partial charge in [0.15, 0.2) is 0 Å². The molecule has 2 aromatic carbocycles. The zero-order valence-corrected chi connectivity index (χ0v) is 14.5. The van der Waals surface area contributed by atoms with Crippen molar-refractivity contribution < 1.29 is 9.59 Å². The van der Waals surface area contributed by atoms with Crippen LogP contribution in [-0.2, 0) is 0 Å². The molecule has 5 heteroatoms. The average molecular weight is 335 g/mol. The van der Waals surface area contributed by atoms with Gasteiger partial charge in [0.05, 0.1) is 11.3 Å². The standard InChI is InChI=1S/C20H21N3O2/c1-13-5-3-6-15(11-13)21-19(24)14-8-9-16-17(12-14)22(2)18-7-4-10-23(18)20(16)25/h3,5-6,8-9,11-12,18H,4,7,10H2,1-2H3,(H,21,24)/t18-/m0/s1. The van der Waals surface area contributed by atoms with E-state index in [9.17, 15) is 9.59 Å². The van der Waals surface area contributed by atoms with Crippen LogP contribution in [0.5, 0.6) is 0 Å². The number of nitrogens with one attached hydrogen (secondary N) is 1. The lowest BCUT2D eigenvalue weighted by Crippen LogP contribution is -2.50. The van der Waals surface area contributed by atoms with Crippen LogP contribution < -0.4 is 10.2 Å². The lowest BCUT2D eigenvalue weighted by atomic mass is 10.0. The monoisotopic (exact) mass is 335 g/mol. The Hall–Kier alpha value is -2.82. The molecule has 0 spiro atoms. The van der Waals surface area contributed by atoms with E-state index >= 15 is 0 Å². The van der Waals surface area contributed by atoms with Gasteiger partial charge in [-0.15, -0.1) is 0 Å². The Kier molecular flexibility index (Phi) is 3.71. The van der Waals surface area contributed by atoms with Crippen molar-refractivity contribution in [2.24, 2.45) is 0 Å². The molecule has 25 heavy (non-hydrogen) atoms. The number of carbonyl (C=O) groups excluding carboxylic acids is 2. The van der Waals surface area contributed by atoms with Crippen LogP contribution in [0.3, 0.4) is 0 Å². The normalized spacial score (nSPS) is 18.8. The third kappa shape index (κ3) is 2.65. The summed E-state index contributed by atoms with van der Waals surface area (Å²) >= 11 is 0. The van der Waals surface area contributed by atoms with Crippen LogP contribution in [0.2, 0.25) is 0 Å². The van der Waals surface area contributed by atoms with Crippen molar-refractivity contribution in [2.45, 2.75) is 25.9 Å². The van der Waals surface area contributed by atoms with E-state index in [1.165, 1.54) is 0 Å². The second-order valence-corrected chi connectivity index (χ2v) is 6.79. The first kappa shape index (κ1) is 15.7. The van der Waals surface area contributed by atoms with Crippen molar-refractivity contribution in [3.05, 3.63) is 59.2 Å². The number of rotatable bonds is 2. The number of benzene rings is 2.